The van der Waals surface area contributed by atoms with Gasteiger partial charge in [0, 0.05) is 10.6 Å². The topological polar surface area (TPSA) is 108 Å². The zero-order chi connectivity index (χ0) is 20.4. The first-order valence-corrected chi connectivity index (χ1v) is 9.50. The number of nitriles is 1. The van der Waals surface area contributed by atoms with Crippen molar-refractivity contribution in [3.63, 3.8) is 0 Å². The third kappa shape index (κ3) is 4.23. The van der Waals surface area contributed by atoms with Crippen LogP contribution in [0.5, 0.6) is 0 Å². The number of hydrogen-bond donors (Lipinski definition) is 2. The van der Waals surface area contributed by atoms with Gasteiger partial charge in [-0.15, -0.1) is 0 Å². The Hall–Kier alpha value is -3.37. The molecular formula is C21H17ClN4O3. The van der Waals surface area contributed by atoms with E-state index in [4.69, 9.17) is 16.0 Å². The van der Waals surface area contributed by atoms with Crippen molar-refractivity contribution in [3.05, 3.63) is 65.0 Å². The van der Waals surface area contributed by atoms with Crippen molar-refractivity contribution >= 4 is 34.5 Å². The van der Waals surface area contributed by atoms with Gasteiger partial charge < -0.3 is 15.1 Å². The highest BCUT2D eigenvalue weighted by Gasteiger charge is 2.45. The highest BCUT2D eigenvalue weighted by Crippen LogP contribution is 2.34. The molecule has 0 aliphatic heterocycles. The van der Waals surface area contributed by atoms with Crippen LogP contribution in [0.2, 0.25) is 5.02 Å². The summed E-state index contributed by atoms with van der Waals surface area (Å²) in [6, 6.07) is 14.8. The molecule has 4 rings (SSSR count). The average molecular weight is 409 g/mol. The molecular weight excluding hydrogens is 392 g/mol. The van der Waals surface area contributed by atoms with E-state index in [1.807, 2.05) is 12.1 Å². The molecule has 1 heterocycles. The SMILES string of the molecule is N#CC1(NC(=O)[C@H](Cc2nc3ccccc3o2)NC(=O)c2cccc(Cl)c2)CC1. The van der Waals surface area contributed by atoms with Crippen molar-refractivity contribution < 1.29 is 14.0 Å². The zero-order valence-electron chi connectivity index (χ0n) is 15.3. The van der Waals surface area contributed by atoms with E-state index < -0.39 is 23.4 Å². The lowest BCUT2D eigenvalue weighted by Crippen LogP contribution is -2.51. The molecule has 1 aliphatic rings. The lowest BCUT2D eigenvalue weighted by atomic mass is 10.1. The molecule has 2 N–H and O–H groups in total. The lowest BCUT2D eigenvalue weighted by Gasteiger charge is -2.19. The summed E-state index contributed by atoms with van der Waals surface area (Å²) in [5.74, 6) is -0.591. The van der Waals surface area contributed by atoms with Crippen LogP contribution in [0.4, 0.5) is 0 Å². The van der Waals surface area contributed by atoms with Crippen molar-refractivity contribution in [2.75, 3.05) is 0 Å². The molecule has 29 heavy (non-hydrogen) atoms. The van der Waals surface area contributed by atoms with Gasteiger partial charge in [0.1, 0.15) is 17.1 Å². The molecule has 8 heteroatoms. The number of nitrogens with zero attached hydrogens (tertiary/aromatic N) is 2. The van der Waals surface area contributed by atoms with Crippen LogP contribution in [-0.2, 0) is 11.2 Å². The zero-order valence-corrected chi connectivity index (χ0v) is 16.1. The van der Waals surface area contributed by atoms with Crippen LogP contribution < -0.4 is 10.6 Å². The van der Waals surface area contributed by atoms with Gasteiger partial charge in [0.2, 0.25) is 5.91 Å². The minimum absolute atomic E-state index is 0.0499. The Kier molecular flexibility index (Phi) is 4.95. The number of rotatable bonds is 6. The van der Waals surface area contributed by atoms with Crippen LogP contribution in [0.25, 0.3) is 11.1 Å². The van der Waals surface area contributed by atoms with Crippen molar-refractivity contribution in [1.82, 2.24) is 15.6 Å². The van der Waals surface area contributed by atoms with Crippen LogP contribution in [-0.4, -0.2) is 28.4 Å². The summed E-state index contributed by atoms with van der Waals surface area (Å²) in [7, 11) is 0. The molecule has 0 spiro atoms. The number of aromatic nitrogens is 1. The van der Waals surface area contributed by atoms with Crippen molar-refractivity contribution in [2.24, 2.45) is 0 Å². The summed E-state index contributed by atoms with van der Waals surface area (Å²) >= 11 is 5.96. The van der Waals surface area contributed by atoms with Gasteiger partial charge in [0.25, 0.3) is 5.91 Å². The van der Waals surface area contributed by atoms with E-state index in [0.717, 1.165) is 0 Å². The Morgan fingerprint density at radius 2 is 2.03 bits per heavy atom. The summed E-state index contributed by atoms with van der Waals surface area (Å²) in [6.07, 6.45) is 1.23. The minimum Gasteiger partial charge on any atom is -0.441 e. The maximum atomic E-state index is 12.8. The third-order valence-corrected chi connectivity index (χ3v) is 4.99. The fourth-order valence-corrected chi connectivity index (χ4v) is 3.17. The van der Waals surface area contributed by atoms with E-state index in [-0.39, 0.29) is 6.42 Å². The minimum atomic E-state index is -0.958. The maximum Gasteiger partial charge on any atom is 0.251 e. The van der Waals surface area contributed by atoms with E-state index in [0.29, 0.717) is 40.4 Å². The Morgan fingerprint density at radius 1 is 1.24 bits per heavy atom. The second-order valence-electron chi connectivity index (χ2n) is 7.00. The van der Waals surface area contributed by atoms with Gasteiger partial charge in [-0.1, -0.05) is 29.8 Å². The molecule has 3 aromatic rings. The van der Waals surface area contributed by atoms with E-state index in [1.54, 1.807) is 30.3 Å². The molecule has 0 saturated heterocycles. The highest BCUT2D eigenvalue weighted by molar-refractivity contribution is 6.31. The highest BCUT2D eigenvalue weighted by atomic mass is 35.5. The van der Waals surface area contributed by atoms with Gasteiger partial charge in [-0.3, -0.25) is 9.59 Å². The molecule has 1 aliphatic carbocycles. The number of carbonyl (C=O) groups is 2. The fraction of sp³-hybridized carbons (Fsp3) is 0.238. The number of fused-ring (bicyclic) bond motifs is 1. The van der Waals surface area contributed by atoms with Crippen molar-refractivity contribution in [1.29, 1.82) is 5.26 Å². The Morgan fingerprint density at radius 3 is 2.72 bits per heavy atom. The first-order chi connectivity index (χ1) is 14.0. The normalized spacial score (nSPS) is 15.3. The number of para-hydroxylation sites is 2. The number of carbonyl (C=O) groups excluding carboxylic acids is 2. The Balaban J connectivity index is 1.57. The average Bonchev–Trinajstić information content (AvgIpc) is 3.36. The Labute approximate surface area is 171 Å². The third-order valence-electron chi connectivity index (χ3n) is 4.75. The first kappa shape index (κ1) is 19.0. The summed E-state index contributed by atoms with van der Waals surface area (Å²) in [6.45, 7) is 0. The van der Waals surface area contributed by atoms with Crippen LogP contribution >= 0.6 is 11.6 Å². The van der Waals surface area contributed by atoms with Crippen LogP contribution in [0.15, 0.2) is 52.9 Å². The van der Waals surface area contributed by atoms with Gasteiger partial charge in [0.15, 0.2) is 11.5 Å². The predicted molar refractivity (Wildman–Crippen MR) is 106 cm³/mol. The molecule has 1 atom stereocenters. The van der Waals surface area contributed by atoms with Gasteiger partial charge in [-0.2, -0.15) is 5.26 Å². The molecule has 1 saturated carbocycles. The number of amides is 2. The number of benzene rings is 2. The van der Waals surface area contributed by atoms with Crippen molar-refractivity contribution in [3.8, 4) is 6.07 Å². The van der Waals surface area contributed by atoms with Gasteiger partial charge in [-0.05, 0) is 43.2 Å². The van der Waals surface area contributed by atoms with E-state index in [9.17, 15) is 14.9 Å². The monoisotopic (exact) mass is 408 g/mol. The second kappa shape index (κ2) is 7.57. The van der Waals surface area contributed by atoms with Crippen LogP contribution in [0.3, 0.4) is 0 Å². The van der Waals surface area contributed by atoms with E-state index in [1.165, 1.54) is 6.07 Å². The standard InChI is InChI=1S/C21H17ClN4O3/c22-14-5-3-4-13(10-14)19(27)25-16(20(28)26-21(12-23)8-9-21)11-18-24-15-6-1-2-7-17(15)29-18/h1-7,10,16H,8-9,11H2,(H,25,27)(H,26,28)/t16-/m0/s1. The smallest absolute Gasteiger partial charge is 0.251 e. The van der Waals surface area contributed by atoms with Gasteiger partial charge >= 0.3 is 0 Å². The Bertz CT molecular complexity index is 1100. The summed E-state index contributed by atoms with van der Waals surface area (Å²) in [5.41, 5.74) is 0.739. The molecule has 146 valence electrons. The maximum absolute atomic E-state index is 12.8. The summed E-state index contributed by atoms with van der Waals surface area (Å²) in [4.78, 5) is 29.9. The summed E-state index contributed by atoms with van der Waals surface area (Å²) < 4.78 is 5.70. The van der Waals surface area contributed by atoms with Crippen LogP contribution in [0, 0.1) is 11.3 Å². The van der Waals surface area contributed by atoms with Crippen molar-refractivity contribution in [2.45, 2.75) is 30.8 Å². The molecule has 0 radical (unpaired) electrons. The van der Waals surface area contributed by atoms with E-state index >= 15 is 0 Å². The number of hydrogen-bond acceptors (Lipinski definition) is 5. The molecule has 2 aromatic carbocycles. The van der Waals surface area contributed by atoms with E-state index in [2.05, 4.69) is 21.7 Å². The molecule has 1 fully saturated rings. The molecule has 0 bridgehead atoms. The van der Waals surface area contributed by atoms with Gasteiger partial charge in [-0.25, -0.2) is 4.98 Å². The summed E-state index contributed by atoms with van der Waals surface area (Å²) in [5, 5.41) is 15.1. The largest absolute Gasteiger partial charge is 0.441 e. The fourth-order valence-electron chi connectivity index (χ4n) is 2.98. The van der Waals surface area contributed by atoms with Gasteiger partial charge in [0.05, 0.1) is 12.5 Å². The quantitative estimate of drug-likeness (QED) is 0.651. The first-order valence-electron chi connectivity index (χ1n) is 9.12. The number of halogens is 1. The predicted octanol–water partition coefficient (Wildman–Crippen LogP) is 2.99. The number of oxazole rings is 1. The molecule has 2 amide bonds. The molecule has 1 aromatic heterocycles. The second-order valence-corrected chi connectivity index (χ2v) is 7.44. The van der Waals surface area contributed by atoms with Crippen LogP contribution in [0.1, 0.15) is 29.1 Å². The number of nitrogens with one attached hydrogen (secondary N) is 2. The molecule has 7 nitrogen and oxygen atoms in total. The lowest BCUT2D eigenvalue weighted by molar-refractivity contribution is -0.123. The molecule has 0 unspecified atom stereocenters.